The number of nitrogens with zero attached hydrogens (tertiary/aromatic N) is 3. The third-order valence-electron chi connectivity index (χ3n) is 4.48. The predicted octanol–water partition coefficient (Wildman–Crippen LogP) is 3.94. The fourth-order valence-electron chi connectivity index (χ4n) is 3.15. The van der Waals surface area contributed by atoms with E-state index in [0.717, 1.165) is 34.3 Å². The van der Waals surface area contributed by atoms with Gasteiger partial charge >= 0.3 is 0 Å². The fraction of sp³-hybridized carbons (Fsp3) is 0.136. The number of fused-ring (bicyclic) bond motifs is 1. The molecule has 0 saturated heterocycles. The van der Waals surface area contributed by atoms with Crippen LogP contribution in [0, 0.1) is 0 Å². The van der Waals surface area contributed by atoms with E-state index in [1.165, 1.54) is 5.56 Å². The molecule has 6 heteroatoms. The van der Waals surface area contributed by atoms with Crippen LogP contribution < -0.4 is 5.32 Å². The molecule has 0 saturated carbocycles. The Bertz CT molecular complexity index is 1100. The fourth-order valence-corrected chi connectivity index (χ4v) is 3.15. The van der Waals surface area contributed by atoms with Crippen LogP contribution in [-0.2, 0) is 6.54 Å². The Kier molecular flexibility index (Phi) is 4.87. The molecule has 0 bridgehead atoms. The molecular formula is C22H21N5O. The zero-order chi connectivity index (χ0) is 19.5. The molecule has 140 valence electrons. The van der Waals surface area contributed by atoms with Gasteiger partial charge in [0.15, 0.2) is 5.69 Å². The molecule has 0 unspecified atom stereocenters. The Balaban J connectivity index is 1.59. The molecule has 0 aliphatic rings. The van der Waals surface area contributed by atoms with E-state index in [2.05, 4.69) is 25.4 Å². The van der Waals surface area contributed by atoms with Crippen molar-refractivity contribution < 1.29 is 4.79 Å². The number of H-pyrrole nitrogens is 1. The van der Waals surface area contributed by atoms with Gasteiger partial charge in [0.25, 0.3) is 5.91 Å². The number of rotatable bonds is 5. The molecule has 1 amide bonds. The summed E-state index contributed by atoms with van der Waals surface area (Å²) in [5.41, 5.74) is 5.11. The second-order valence-electron chi connectivity index (χ2n) is 6.96. The van der Waals surface area contributed by atoms with Crippen molar-refractivity contribution in [3.05, 3.63) is 78.2 Å². The van der Waals surface area contributed by atoms with Crippen molar-refractivity contribution in [1.82, 2.24) is 20.1 Å². The number of carbonyl (C=O) groups is 1. The summed E-state index contributed by atoms with van der Waals surface area (Å²) in [5.74, 6) is -0.241. The summed E-state index contributed by atoms with van der Waals surface area (Å²) in [4.78, 5) is 19.0. The number of hydrogen-bond donors (Lipinski definition) is 2. The normalized spacial score (nSPS) is 11.1. The van der Waals surface area contributed by atoms with Gasteiger partial charge in [0.1, 0.15) is 0 Å². The molecule has 0 fully saturated rings. The standard InChI is InChI=1S/C22H21N5O/c1-27(2)14-15-5-8-18(9-6-15)24-22(28)21-19-12-16(7-10-20(19)25-26-21)17-4-3-11-23-13-17/h3-13H,14H2,1-2H3,(H,24,28)(H,25,26). The molecule has 4 rings (SSSR count). The maximum absolute atomic E-state index is 12.8. The third kappa shape index (κ3) is 3.77. The maximum Gasteiger partial charge on any atom is 0.276 e. The first-order valence-electron chi connectivity index (χ1n) is 9.04. The molecule has 0 radical (unpaired) electrons. The number of amides is 1. The van der Waals surface area contributed by atoms with Crippen molar-refractivity contribution in [3.63, 3.8) is 0 Å². The Morgan fingerprint density at radius 1 is 1.07 bits per heavy atom. The monoisotopic (exact) mass is 371 g/mol. The summed E-state index contributed by atoms with van der Waals surface area (Å²) < 4.78 is 0. The number of pyridine rings is 1. The number of carbonyl (C=O) groups excluding carboxylic acids is 1. The van der Waals surface area contributed by atoms with Gasteiger partial charge in [-0.2, -0.15) is 5.10 Å². The summed E-state index contributed by atoms with van der Waals surface area (Å²) >= 11 is 0. The number of hydrogen-bond acceptors (Lipinski definition) is 4. The van der Waals surface area contributed by atoms with E-state index in [0.29, 0.717) is 5.69 Å². The average molecular weight is 371 g/mol. The average Bonchev–Trinajstić information content (AvgIpc) is 3.13. The summed E-state index contributed by atoms with van der Waals surface area (Å²) in [6, 6.07) is 17.6. The highest BCUT2D eigenvalue weighted by Gasteiger charge is 2.15. The second-order valence-corrected chi connectivity index (χ2v) is 6.96. The van der Waals surface area contributed by atoms with Crippen molar-refractivity contribution >= 4 is 22.5 Å². The van der Waals surface area contributed by atoms with Gasteiger partial charge in [0.05, 0.1) is 5.52 Å². The summed E-state index contributed by atoms with van der Waals surface area (Å²) in [6.07, 6.45) is 3.54. The lowest BCUT2D eigenvalue weighted by Gasteiger charge is -2.10. The lowest BCUT2D eigenvalue weighted by molar-refractivity contribution is 0.102. The molecule has 2 N–H and O–H groups in total. The van der Waals surface area contributed by atoms with Crippen molar-refractivity contribution in [3.8, 4) is 11.1 Å². The van der Waals surface area contributed by atoms with Crippen LogP contribution in [0.3, 0.4) is 0 Å². The highest BCUT2D eigenvalue weighted by molar-refractivity contribution is 6.11. The van der Waals surface area contributed by atoms with Crippen molar-refractivity contribution in [2.75, 3.05) is 19.4 Å². The molecule has 4 aromatic rings. The quantitative estimate of drug-likeness (QED) is 0.557. The minimum atomic E-state index is -0.241. The third-order valence-corrected chi connectivity index (χ3v) is 4.48. The topological polar surface area (TPSA) is 73.9 Å². The van der Waals surface area contributed by atoms with Crippen molar-refractivity contribution in [2.45, 2.75) is 6.54 Å². The van der Waals surface area contributed by atoms with E-state index in [1.807, 2.05) is 68.7 Å². The summed E-state index contributed by atoms with van der Waals surface area (Å²) in [5, 5.41) is 10.9. The molecule has 0 aliphatic heterocycles. The maximum atomic E-state index is 12.8. The van der Waals surface area contributed by atoms with E-state index in [4.69, 9.17) is 0 Å². The minimum absolute atomic E-state index is 0.241. The molecule has 6 nitrogen and oxygen atoms in total. The highest BCUT2D eigenvalue weighted by Crippen LogP contribution is 2.25. The number of aromatic nitrogens is 3. The molecule has 0 atom stereocenters. The first-order valence-corrected chi connectivity index (χ1v) is 9.04. The Hall–Kier alpha value is -3.51. The Labute approximate surface area is 163 Å². The lowest BCUT2D eigenvalue weighted by Crippen LogP contribution is -2.13. The lowest BCUT2D eigenvalue weighted by atomic mass is 10.0. The van der Waals surface area contributed by atoms with Crippen LogP contribution in [0.5, 0.6) is 0 Å². The van der Waals surface area contributed by atoms with E-state index in [1.54, 1.807) is 12.4 Å². The molecule has 0 aliphatic carbocycles. The van der Waals surface area contributed by atoms with Gasteiger partial charge in [-0.05, 0) is 55.6 Å². The highest BCUT2D eigenvalue weighted by atomic mass is 16.1. The van der Waals surface area contributed by atoms with Crippen molar-refractivity contribution in [1.29, 1.82) is 0 Å². The van der Waals surface area contributed by atoms with Crippen LogP contribution in [0.1, 0.15) is 16.1 Å². The van der Waals surface area contributed by atoms with Gasteiger partial charge in [-0.3, -0.25) is 14.9 Å². The first kappa shape index (κ1) is 17.9. The van der Waals surface area contributed by atoms with Crippen LogP contribution in [0.4, 0.5) is 5.69 Å². The number of anilines is 1. The van der Waals surface area contributed by atoms with Crippen LogP contribution in [0.25, 0.3) is 22.0 Å². The largest absolute Gasteiger partial charge is 0.321 e. The van der Waals surface area contributed by atoms with Crippen LogP contribution in [-0.4, -0.2) is 40.1 Å². The van der Waals surface area contributed by atoms with Crippen LogP contribution >= 0.6 is 0 Å². The number of benzene rings is 2. The zero-order valence-corrected chi connectivity index (χ0v) is 15.8. The van der Waals surface area contributed by atoms with Gasteiger partial charge < -0.3 is 10.2 Å². The van der Waals surface area contributed by atoms with Crippen LogP contribution in [0.15, 0.2) is 67.0 Å². The van der Waals surface area contributed by atoms with Gasteiger partial charge in [0.2, 0.25) is 0 Å². The molecule has 0 spiro atoms. The van der Waals surface area contributed by atoms with Crippen molar-refractivity contribution in [2.24, 2.45) is 0 Å². The van der Waals surface area contributed by atoms with Crippen LogP contribution in [0.2, 0.25) is 0 Å². The molecular weight excluding hydrogens is 350 g/mol. The second kappa shape index (κ2) is 7.62. The molecule has 28 heavy (non-hydrogen) atoms. The van der Waals surface area contributed by atoms with E-state index >= 15 is 0 Å². The predicted molar refractivity (Wildman–Crippen MR) is 111 cm³/mol. The smallest absolute Gasteiger partial charge is 0.276 e. The summed E-state index contributed by atoms with van der Waals surface area (Å²) in [7, 11) is 4.05. The number of nitrogens with one attached hydrogen (secondary N) is 2. The van der Waals surface area contributed by atoms with Gasteiger partial charge in [-0.15, -0.1) is 0 Å². The minimum Gasteiger partial charge on any atom is -0.321 e. The SMILES string of the molecule is CN(C)Cc1ccc(NC(=O)c2n[nH]c3ccc(-c4cccnc4)cc23)cc1. The first-order chi connectivity index (χ1) is 13.6. The molecule has 2 aromatic heterocycles. The van der Waals surface area contributed by atoms with Gasteiger partial charge in [0, 0.05) is 35.6 Å². The molecule has 2 aromatic carbocycles. The van der Waals surface area contributed by atoms with E-state index in [9.17, 15) is 4.79 Å². The van der Waals surface area contributed by atoms with E-state index in [-0.39, 0.29) is 5.91 Å². The molecule has 2 heterocycles. The van der Waals surface area contributed by atoms with Gasteiger partial charge in [-0.25, -0.2) is 0 Å². The number of aromatic amines is 1. The Morgan fingerprint density at radius 2 is 1.89 bits per heavy atom. The zero-order valence-electron chi connectivity index (χ0n) is 15.8. The van der Waals surface area contributed by atoms with E-state index < -0.39 is 0 Å². The van der Waals surface area contributed by atoms with Gasteiger partial charge in [-0.1, -0.05) is 24.3 Å². The Morgan fingerprint density at radius 3 is 2.61 bits per heavy atom. The summed E-state index contributed by atoms with van der Waals surface area (Å²) in [6.45, 7) is 0.856.